The van der Waals surface area contributed by atoms with Gasteiger partial charge >= 0.3 is 12.1 Å². The number of anilines is 1. The smallest absolute Gasteiger partial charge is 0.407 e. The molecule has 124 valence electrons. The highest BCUT2D eigenvalue weighted by molar-refractivity contribution is 5.86. The number of carbonyl (C=O) groups is 2. The van der Waals surface area contributed by atoms with Crippen LogP contribution in [0, 0.1) is 0 Å². The molecule has 1 aliphatic rings. The first kappa shape index (κ1) is 16.7. The van der Waals surface area contributed by atoms with Crippen molar-refractivity contribution in [1.82, 2.24) is 14.9 Å². The van der Waals surface area contributed by atoms with Gasteiger partial charge in [0.15, 0.2) is 0 Å². The predicted octanol–water partition coefficient (Wildman–Crippen LogP) is 1.61. The molecule has 2 rings (SSSR count). The third-order valence-electron chi connectivity index (χ3n) is 3.39. The van der Waals surface area contributed by atoms with Gasteiger partial charge in [-0.2, -0.15) is 0 Å². The zero-order valence-electron chi connectivity index (χ0n) is 12.9. The average molecular weight is 320 g/mol. The molecule has 2 heterocycles. The lowest BCUT2D eigenvalue weighted by molar-refractivity contribution is -0.137. The fraction of sp³-hybridized carbons (Fsp3) is 0.467. The summed E-state index contributed by atoms with van der Waals surface area (Å²) in [5.41, 5.74) is 0.541. The van der Waals surface area contributed by atoms with Gasteiger partial charge in [-0.1, -0.05) is 0 Å². The minimum atomic E-state index is -0.901. The molecular formula is C15H20N4O4. The van der Waals surface area contributed by atoms with Crippen LogP contribution in [-0.4, -0.2) is 57.8 Å². The molecule has 0 spiro atoms. The number of carbonyl (C=O) groups excluding carboxylic acids is 1. The second kappa shape index (κ2) is 8.11. The molecule has 1 atom stereocenters. The van der Waals surface area contributed by atoms with Crippen molar-refractivity contribution >= 4 is 24.0 Å². The van der Waals surface area contributed by atoms with Crippen molar-refractivity contribution in [2.75, 3.05) is 25.0 Å². The van der Waals surface area contributed by atoms with Crippen LogP contribution >= 0.6 is 0 Å². The van der Waals surface area contributed by atoms with E-state index in [1.54, 1.807) is 13.1 Å². The Bertz CT molecular complexity index is 573. The molecule has 1 aromatic rings. The van der Waals surface area contributed by atoms with Crippen molar-refractivity contribution in [3.8, 4) is 0 Å². The van der Waals surface area contributed by atoms with Gasteiger partial charge in [0.25, 0.3) is 0 Å². The van der Waals surface area contributed by atoms with Crippen molar-refractivity contribution in [2.45, 2.75) is 25.8 Å². The van der Waals surface area contributed by atoms with Crippen molar-refractivity contribution in [3.63, 3.8) is 0 Å². The van der Waals surface area contributed by atoms with Crippen LogP contribution in [0.3, 0.4) is 0 Å². The van der Waals surface area contributed by atoms with Gasteiger partial charge in [0.1, 0.15) is 5.82 Å². The highest BCUT2D eigenvalue weighted by atomic mass is 16.5. The number of likely N-dealkylation sites (tertiary alicyclic amines) is 1. The van der Waals surface area contributed by atoms with Crippen molar-refractivity contribution in [2.24, 2.45) is 0 Å². The molecule has 1 aromatic heterocycles. The fourth-order valence-electron chi connectivity index (χ4n) is 2.32. The number of aromatic nitrogens is 2. The summed E-state index contributed by atoms with van der Waals surface area (Å²) in [6.07, 6.45) is 6.73. The lowest BCUT2D eigenvalue weighted by Crippen LogP contribution is -2.44. The summed E-state index contributed by atoms with van der Waals surface area (Å²) >= 11 is 0. The van der Waals surface area contributed by atoms with Gasteiger partial charge < -0.3 is 20.1 Å². The molecule has 1 aliphatic heterocycles. The van der Waals surface area contributed by atoms with Crippen LogP contribution in [0.2, 0.25) is 0 Å². The Balaban J connectivity index is 1.89. The van der Waals surface area contributed by atoms with Gasteiger partial charge in [-0.3, -0.25) is 4.98 Å². The van der Waals surface area contributed by atoms with Crippen LogP contribution in [0.15, 0.2) is 18.5 Å². The van der Waals surface area contributed by atoms with Crippen molar-refractivity contribution in [1.29, 1.82) is 0 Å². The Morgan fingerprint density at radius 2 is 2.30 bits per heavy atom. The van der Waals surface area contributed by atoms with E-state index in [9.17, 15) is 9.59 Å². The van der Waals surface area contributed by atoms with E-state index in [1.807, 2.05) is 0 Å². The highest BCUT2D eigenvalue weighted by Crippen LogP contribution is 2.14. The van der Waals surface area contributed by atoms with E-state index in [2.05, 4.69) is 15.3 Å². The number of amides is 1. The van der Waals surface area contributed by atoms with E-state index in [4.69, 9.17) is 9.84 Å². The average Bonchev–Trinajstić information content (AvgIpc) is 2.55. The number of carboxylic acid groups (broad SMARTS) is 1. The summed E-state index contributed by atoms with van der Waals surface area (Å²) in [6.45, 7) is 3.06. The van der Waals surface area contributed by atoms with Crippen LogP contribution in [0.1, 0.15) is 25.5 Å². The molecule has 8 nitrogen and oxygen atoms in total. The Morgan fingerprint density at radius 3 is 2.96 bits per heavy atom. The predicted molar refractivity (Wildman–Crippen MR) is 83.9 cm³/mol. The quantitative estimate of drug-likeness (QED) is 0.627. The van der Waals surface area contributed by atoms with Crippen LogP contribution < -0.4 is 5.32 Å². The van der Waals surface area contributed by atoms with E-state index < -0.39 is 12.1 Å². The van der Waals surface area contributed by atoms with Gasteiger partial charge in [0.2, 0.25) is 0 Å². The molecule has 2 N–H and O–H groups in total. The summed E-state index contributed by atoms with van der Waals surface area (Å²) in [5, 5.41) is 12.2. The van der Waals surface area contributed by atoms with Crippen molar-refractivity contribution < 1.29 is 19.4 Å². The first-order valence-electron chi connectivity index (χ1n) is 7.49. The lowest BCUT2D eigenvalue weighted by atomic mass is 10.1. The third kappa shape index (κ3) is 5.24. The summed E-state index contributed by atoms with van der Waals surface area (Å²) < 4.78 is 4.78. The molecular weight excluding hydrogens is 300 g/mol. The molecule has 0 radical (unpaired) electrons. The summed E-state index contributed by atoms with van der Waals surface area (Å²) in [4.78, 5) is 32.0. The second-order valence-corrected chi connectivity index (χ2v) is 5.12. The second-order valence-electron chi connectivity index (χ2n) is 5.12. The van der Waals surface area contributed by atoms with Crippen LogP contribution in [0.4, 0.5) is 10.6 Å². The molecule has 0 unspecified atom stereocenters. The normalized spacial score (nSPS) is 18.0. The molecule has 1 saturated heterocycles. The summed E-state index contributed by atoms with van der Waals surface area (Å²) in [5.74, 6) is 0.156. The topological polar surface area (TPSA) is 105 Å². The Morgan fingerprint density at radius 1 is 1.48 bits per heavy atom. The lowest BCUT2D eigenvalue weighted by Gasteiger charge is -2.31. The minimum Gasteiger partial charge on any atom is -0.465 e. The minimum absolute atomic E-state index is 0.0232. The van der Waals surface area contributed by atoms with Crippen LogP contribution in [0.25, 0.3) is 6.08 Å². The molecule has 1 amide bonds. The van der Waals surface area contributed by atoms with Crippen LogP contribution in [-0.2, 0) is 9.53 Å². The largest absolute Gasteiger partial charge is 0.465 e. The van der Waals surface area contributed by atoms with Crippen LogP contribution in [0.5, 0.6) is 0 Å². The van der Waals surface area contributed by atoms with Gasteiger partial charge in [-0.05, 0) is 25.8 Å². The third-order valence-corrected chi connectivity index (χ3v) is 3.39. The van der Waals surface area contributed by atoms with Gasteiger partial charge in [-0.25, -0.2) is 14.6 Å². The monoisotopic (exact) mass is 320 g/mol. The molecule has 0 aromatic carbocycles. The zero-order valence-corrected chi connectivity index (χ0v) is 12.9. The number of nitrogens with zero attached hydrogens (tertiary/aromatic N) is 3. The van der Waals surface area contributed by atoms with Gasteiger partial charge in [-0.15, -0.1) is 0 Å². The molecule has 8 heteroatoms. The number of rotatable bonds is 5. The Labute approximate surface area is 134 Å². The number of nitrogens with one attached hydrogen (secondary N) is 1. The maximum absolute atomic E-state index is 11.2. The SMILES string of the molecule is CCOC(=O)C=Cc1cnc(N[C@@H]2CCCN(C(=O)O)C2)cn1. The van der Waals surface area contributed by atoms with E-state index in [1.165, 1.54) is 23.2 Å². The number of esters is 1. The number of hydrogen-bond acceptors (Lipinski definition) is 6. The number of piperidine rings is 1. The fourth-order valence-corrected chi connectivity index (χ4v) is 2.32. The highest BCUT2D eigenvalue weighted by Gasteiger charge is 2.23. The van der Waals surface area contributed by atoms with E-state index in [0.29, 0.717) is 31.2 Å². The Kier molecular flexibility index (Phi) is 5.90. The molecule has 23 heavy (non-hydrogen) atoms. The maximum atomic E-state index is 11.2. The number of hydrogen-bond donors (Lipinski definition) is 2. The summed E-state index contributed by atoms with van der Waals surface area (Å²) in [7, 11) is 0. The van der Waals surface area contributed by atoms with Gasteiger partial charge in [0.05, 0.1) is 24.7 Å². The molecule has 0 bridgehead atoms. The molecule has 0 saturated carbocycles. The van der Waals surface area contributed by atoms with E-state index in [-0.39, 0.29) is 6.04 Å². The first-order valence-corrected chi connectivity index (χ1v) is 7.49. The van der Waals surface area contributed by atoms with E-state index in [0.717, 1.165) is 12.8 Å². The number of ether oxygens (including phenoxy) is 1. The zero-order chi connectivity index (χ0) is 16.7. The summed E-state index contributed by atoms with van der Waals surface area (Å²) in [6, 6.07) is 0.0232. The van der Waals surface area contributed by atoms with Crippen molar-refractivity contribution in [3.05, 3.63) is 24.2 Å². The standard InChI is InChI=1S/C15H20N4O4/c1-2-23-14(20)6-5-11-8-17-13(9-16-11)18-12-4-3-7-19(10-12)15(21)22/h5-6,8-9,12H,2-4,7,10H2,1H3,(H,17,18)(H,21,22)/t12-/m1/s1. The van der Waals surface area contributed by atoms with Gasteiger partial charge in [0, 0.05) is 25.2 Å². The van der Waals surface area contributed by atoms with E-state index >= 15 is 0 Å². The molecule has 1 fully saturated rings. The first-order chi connectivity index (χ1) is 11.1. The molecule has 0 aliphatic carbocycles. The Hall–Kier alpha value is -2.64. The maximum Gasteiger partial charge on any atom is 0.407 e.